The number of unbranched alkanes of at least 4 members (excludes halogenated alkanes) is 3. The summed E-state index contributed by atoms with van der Waals surface area (Å²) < 4.78 is 34.2. The lowest BCUT2D eigenvalue weighted by atomic mass is 9.68. The normalized spacial score (nSPS) is 23.4. The molecular weight excluding hydrogens is 608 g/mol. The predicted molar refractivity (Wildman–Crippen MR) is 182 cm³/mol. The zero-order valence-electron chi connectivity index (χ0n) is 26.3. The Bertz CT molecular complexity index is 1510. The second-order valence-corrected chi connectivity index (χ2v) is 15.3. The van der Waals surface area contributed by atoms with E-state index < -0.39 is 22.0 Å². The number of hydrogen-bond acceptors (Lipinski definition) is 6. The van der Waals surface area contributed by atoms with Crippen molar-refractivity contribution in [3.05, 3.63) is 82.9 Å². The number of fused-ring (bicyclic) bond motifs is 3. The number of benzene rings is 2. The van der Waals surface area contributed by atoms with Crippen LogP contribution in [0.1, 0.15) is 86.2 Å². The first-order chi connectivity index (χ1) is 21.6. The highest BCUT2D eigenvalue weighted by Gasteiger charge is 2.44. The number of nitrogens with one attached hydrogen (secondary N) is 1. The summed E-state index contributed by atoms with van der Waals surface area (Å²) in [5, 5.41) is 11.7. The third-order valence-electron chi connectivity index (χ3n) is 9.78. The van der Waals surface area contributed by atoms with Gasteiger partial charge in [0.05, 0.1) is 24.2 Å². The van der Waals surface area contributed by atoms with E-state index in [1.807, 2.05) is 12.1 Å². The standard InChI is InChI=1S/C36H47ClN2O5S/c1-3-5-7-9-20-45(42,43)38-35(41)27-14-18-34-32(22-27)39(23-28-13-16-30(28)33(40)12-8-6-4-2)24-36(25-44-34)19-10-11-26-21-29(37)15-17-31(26)36/h3,8,12,14-15,17-18,21-22,28,30,33,40H,1,4-7,9-11,13,16,19-20,23-25H2,2H3,(H,38,41)/t28-,30+,33?,36-/m0/s1. The largest absolute Gasteiger partial charge is 0.490 e. The lowest BCUT2D eigenvalue weighted by molar-refractivity contribution is 0.0456. The first-order valence-electron chi connectivity index (χ1n) is 16.5. The van der Waals surface area contributed by atoms with E-state index in [1.165, 1.54) is 11.1 Å². The summed E-state index contributed by atoms with van der Waals surface area (Å²) in [4.78, 5) is 15.6. The molecule has 45 heavy (non-hydrogen) atoms. The Balaban J connectivity index is 1.44. The van der Waals surface area contributed by atoms with Crippen LogP contribution in [0.4, 0.5) is 5.69 Å². The maximum absolute atomic E-state index is 13.3. The Kier molecular flexibility index (Phi) is 11.0. The highest BCUT2D eigenvalue weighted by molar-refractivity contribution is 7.90. The van der Waals surface area contributed by atoms with Crippen molar-refractivity contribution in [3.63, 3.8) is 0 Å². The average Bonchev–Trinajstić information content (AvgIpc) is 3.14. The molecule has 2 aromatic rings. The van der Waals surface area contributed by atoms with Gasteiger partial charge in [-0.25, -0.2) is 13.1 Å². The van der Waals surface area contributed by atoms with Gasteiger partial charge in [0, 0.05) is 29.1 Å². The fraction of sp³-hybridized carbons (Fsp3) is 0.528. The van der Waals surface area contributed by atoms with Crippen molar-refractivity contribution in [3.8, 4) is 5.75 Å². The number of ether oxygens (including phenoxy) is 1. The van der Waals surface area contributed by atoms with Gasteiger partial charge in [-0.15, -0.1) is 6.58 Å². The molecule has 5 rings (SSSR count). The number of nitrogens with zero attached hydrogens (tertiary/aromatic N) is 1. The van der Waals surface area contributed by atoms with Crippen LogP contribution in [-0.4, -0.2) is 51.0 Å². The minimum absolute atomic E-state index is 0.114. The van der Waals surface area contributed by atoms with Gasteiger partial charge in [0.1, 0.15) is 5.75 Å². The summed E-state index contributed by atoms with van der Waals surface area (Å²) in [6, 6.07) is 11.4. The van der Waals surface area contributed by atoms with Gasteiger partial charge in [-0.05, 0) is 111 Å². The number of amides is 1. The van der Waals surface area contributed by atoms with E-state index in [4.69, 9.17) is 16.3 Å². The highest BCUT2D eigenvalue weighted by atomic mass is 35.5. The minimum atomic E-state index is -3.77. The lowest BCUT2D eigenvalue weighted by Crippen LogP contribution is -2.49. The number of allylic oxidation sites excluding steroid dienone is 2. The summed E-state index contributed by atoms with van der Waals surface area (Å²) in [5.74, 6) is 0.358. The first-order valence-corrected chi connectivity index (χ1v) is 18.5. The second-order valence-electron chi connectivity index (χ2n) is 13.0. The monoisotopic (exact) mass is 654 g/mol. The summed E-state index contributed by atoms with van der Waals surface area (Å²) in [5.41, 5.74) is 3.29. The predicted octanol–water partition coefficient (Wildman–Crippen LogP) is 6.97. The number of carbonyl (C=O) groups excluding carboxylic acids is 1. The summed E-state index contributed by atoms with van der Waals surface area (Å²) in [7, 11) is -3.77. The molecule has 0 radical (unpaired) electrons. The van der Waals surface area contributed by atoms with Crippen molar-refractivity contribution in [2.75, 3.05) is 30.3 Å². The Labute approximate surface area is 273 Å². The smallest absolute Gasteiger partial charge is 0.264 e. The van der Waals surface area contributed by atoms with E-state index in [2.05, 4.69) is 41.3 Å². The van der Waals surface area contributed by atoms with Gasteiger partial charge in [-0.3, -0.25) is 4.79 Å². The molecule has 0 bridgehead atoms. The maximum Gasteiger partial charge on any atom is 0.264 e. The van der Waals surface area contributed by atoms with Crippen LogP contribution in [0.3, 0.4) is 0 Å². The molecule has 2 N–H and O–H groups in total. The SMILES string of the molecule is C=CCCCCS(=O)(=O)NC(=O)c1ccc2c(c1)N(C[C@@H]1CC[C@H]1C(O)C=CCCC)C[C@@]1(CCCc3cc(Cl)ccc31)CO2. The molecule has 1 heterocycles. The van der Waals surface area contributed by atoms with Gasteiger partial charge in [0.2, 0.25) is 10.0 Å². The summed E-state index contributed by atoms with van der Waals surface area (Å²) in [6.45, 7) is 7.69. The van der Waals surface area contributed by atoms with Crippen molar-refractivity contribution < 1.29 is 23.1 Å². The van der Waals surface area contributed by atoms with Gasteiger partial charge in [-0.1, -0.05) is 49.2 Å². The van der Waals surface area contributed by atoms with Crippen LogP contribution in [-0.2, 0) is 21.9 Å². The molecular formula is C36H47ClN2O5S. The number of halogens is 1. The molecule has 0 saturated heterocycles. The molecule has 9 heteroatoms. The van der Waals surface area contributed by atoms with E-state index >= 15 is 0 Å². The van der Waals surface area contributed by atoms with Gasteiger partial charge in [-0.2, -0.15) is 0 Å². The quantitative estimate of drug-likeness (QED) is 0.179. The zero-order chi connectivity index (χ0) is 32.0. The van der Waals surface area contributed by atoms with Crippen LogP contribution < -0.4 is 14.4 Å². The van der Waals surface area contributed by atoms with E-state index in [1.54, 1.807) is 24.3 Å². The third-order valence-corrected chi connectivity index (χ3v) is 11.3. The first kappa shape index (κ1) is 33.6. The lowest BCUT2D eigenvalue weighted by Gasteiger charge is -2.45. The number of hydrogen-bond donors (Lipinski definition) is 2. The molecule has 244 valence electrons. The van der Waals surface area contributed by atoms with Gasteiger partial charge < -0.3 is 14.7 Å². The van der Waals surface area contributed by atoms with Crippen LogP contribution in [0.2, 0.25) is 5.02 Å². The minimum Gasteiger partial charge on any atom is -0.490 e. The molecule has 2 aromatic carbocycles. The Morgan fingerprint density at radius 3 is 2.82 bits per heavy atom. The second kappa shape index (κ2) is 14.7. The van der Waals surface area contributed by atoms with Crippen LogP contribution in [0.15, 0.2) is 61.2 Å². The van der Waals surface area contributed by atoms with Crippen molar-refractivity contribution in [1.29, 1.82) is 0 Å². The van der Waals surface area contributed by atoms with Crippen molar-refractivity contribution in [2.45, 2.75) is 82.7 Å². The topological polar surface area (TPSA) is 95.9 Å². The molecule has 1 amide bonds. The molecule has 1 unspecified atom stereocenters. The van der Waals surface area contributed by atoms with Crippen LogP contribution >= 0.6 is 11.6 Å². The van der Waals surface area contributed by atoms with E-state index in [9.17, 15) is 18.3 Å². The molecule has 0 aromatic heterocycles. The Morgan fingerprint density at radius 2 is 2.07 bits per heavy atom. The van der Waals surface area contributed by atoms with Crippen molar-refractivity contribution in [2.24, 2.45) is 11.8 Å². The van der Waals surface area contributed by atoms with E-state index in [0.717, 1.165) is 62.1 Å². The van der Waals surface area contributed by atoms with Crippen molar-refractivity contribution in [1.82, 2.24) is 4.72 Å². The van der Waals surface area contributed by atoms with Crippen LogP contribution in [0.5, 0.6) is 5.75 Å². The summed E-state index contributed by atoms with van der Waals surface area (Å²) in [6.07, 6.45) is 14.1. The Hall–Kier alpha value is -2.81. The fourth-order valence-corrected chi connectivity index (χ4v) is 8.47. The molecule has 3 aliphatic rings. The number of aliphatic hydroxyl groups excluding tert-OH is 1. The van der Waals surface area contributed by atoms with Gasteiger partial charge in [0.15, 0.2) is 0 Å². The molecule has 2 aliphatic carbocycles. The van der Waals surface area contributed by atoms with Gasteiger partial charge >= 0.3 is 0 Å². The Morgan fingerprint density at radius 1 is 1.22 bits per heavy atom. The van der Waals surface area contributed by atoms with E-state index in [-0.39, 0.29) is 28.6 Å². The fourth-order valence-electron chi connectivity index (χ4n) is 7.19. The zero-order valence-corrected chi connectivity index (χ0v) is 27.9. The third kappa shape index (κ3) is 7.95. The van der Waals surface area contributed by atoms with Crippen molar-refractivity contribution >= 4 is 33.2 Å². The van der Waals surface area contributed by atoms with Crippen LogP contribution in [0.25, 0.3) is 0 Å². The number of rotatable bonds is 13. The van der Waals surface area contributed by atoms with Crippen LogP contribution in [0, 0.1) is 11.8 Å². The number of aryl methyl sites for hydroxylation is 1. The highest BCUT2D eigenvalue weighted by Crippen LogP contribution is 2.46. The number of aliphatic hydroxyl groups is 1. The van der Waals surface area contributed by atoms with E-state index in [0.29, 0.717) is 38.3 Å². The molecule has 1 saturated carbocycles. The molecule has 1 fully saturated rings. The summed E-state index contributed by atoms with van der Waals surface area (Å²) >= 11 is 6.40. The molecule has 4 atom stereocenters. The maximum atomic E-state index is 13.3. The molecule has 7 nitrogen and oxygen atoms in total. The average molecular weight is 655 g/mol. The number of sulfonamides is 1. The number of anilines is 1. The van der Waals surface area contributed by atoms with Gasteiger partial charge in [0.25, 0.3) is 5.91 Å². The molecule has 1 spiro atoms. The molecule has 1 aliphatic heterocycles. The number of carbonyl (C=O) groups is 1.